The first-order valence-electron chi connectivity index (χ1n) is 7.03. The molecule has 18 heavy (non-hydrogen) atoms. The molecule has 2 rings (SSSR count). The minimum Gasteiger partial charge on any atom is -0.339 e. The van der Waals surface area contributed by atoms with Gasteiger partial charge in [-0.05, 0) is 39.4 Å². The Morgan fingerprint density at radius 1 is 1.44 bits per heavy atom. The lowest BCUT2D eigenvalue weighted by Crippen LogP contribution is -2.40. The summed E-state index contributed by atoms with van der Waals surface area (Å²) in [5.41, 5.74) is 0. The first-order valence-corrected chi connectivity index (χ1v) is 7.03. The molecular weight excluding hydrogens is 228 g/mol. The Labute approximate surface area is 109 Å². The van der Waals surface area contributed by atoms with E-state index < -0.39 is 0 Å². The van der Waals surface area contributed by atoms with Gasteiger partial charge in [-0.1, -0.05) is 18.5 Å². The van der Waals surface area contributed by atoms with E-state index in [4.69, 9.17) is 4.52 Å². The molecule has 1 saturated heterocycles. The van der Waals surface area contributed by atoms with Gasteiger partial charge in [-0.3, -0.25) is 4.90 Å². The van der Waals surface area contributed by atoms with Gasteiger partial charge >= 0.3 is 0 Å². The number of hydrogen-bond donors (Lipinski definition) is 1. The van der Waals surface area contributed by atoms with Crippen molar-refractivity contribution in [1.29, 1.82) is 0 Å². The fourth-order valence-corrected chi connectivity index (χ4v) is 2.59. The second-order valence-electron chi connectivity index (χ2n) is 4.97. The maximum absolute atomic E-state index is 5.17. The van der Waals surface area contributed by atoms with Crippen molar-refractivity contribution < 1.29 is 4.52 Å². The third kappa shape index (κ3) is 3.53. The normalized spacial score (nSPS) is 21.3. The van der Waals surface area contributed by atoms with Crippen LogP contribution in [0.5, 0.6) is 0 Å². The molecule has 1 fully saturated rings. The summed E-state index contributed by atoms with van der Waals surface area (Å²) in [5, 5.41) is 7.29. The van der Waals surface area contributed by atoms with E-state index in [1.807, 2.05) is 14.0 Å². The fraction of sp³-hybridized carbons (Fsp3) is 0.846. The molecular formula is C13H24N4O. The molecule has 5 heteroatoms. The third-order valence-electron chi connectivity index (χ3n) is 3.63. The third-order valence-corrected chi connectivity index (χ3v) is 3.63. The Morgan fingerprint density at radius 2 is 2.33 bits per heavy atom. The maximum Gasteiger partial charge on any atom is 0.226 e. The topological polar surface area (TPSA) is 54.2 Å². The quantitative estimate of drug-likeness (QED) is 0.833. The van der Waals surface area contributed by atoms with Crippen molar-refractivity contribution in [2.75, 3.05) is 20.1 Å². The Balaban J connectivity index is 1.91. The van der Waals surface area contributed by atoms with Gasteiger partial charge in [0.1, 0.15) is 0 Å². The molecule has 0 spiro atoms. The van der Waals surface area contributed by atoms with Crippen molar-refractivity contribution in [3.05, 3.63) is 11.7 Å². The van der Waals surface area contributed by atoms with Crippen molar-refractivity contribution in [3.8, 4) is 0 Å². The van der Waals surface area contributed by atoms with Crippen LogP contribution in [0.25, 0.3) is 0 Å². The highest BCUT2D eigenvalue weighted by atomic mass is 16.5. The summed E-state index contributed by atoms with van der Waals surface area (Å²) in [6.45, 7) is 5.10. The number of hydrogen-bond acceptors (Lipinski definition) is 5. The van der Waals surface area contributed by atoms with Gasteiger partial charge in [-0.25, -0.2) is 0 Å². The van der Waals surface area contributed by atoms with Gasteiger partial charge in [0.15, 0.2) is 5.82 Å². The van der Waals surface area contributed by atoms with Crippen LogP contribution in [0.1, 0.15) is 44.3 Å². The van der Waals surface area contributed by atoms with Crippen LogP contribution in [0.3, 0.4) is 0 Å². The Hall–Kier alpha value is -0.940. The fourth-order valence-electron chi connectivity index (χ4n) is 2.59. The maximum atomic E-state index is 5.17. The minimum atomic E-state index is 0.662. The smallest absolute Gasteiger partial charge is 0.226 e. The first-order chi connectivity index (χ1) is 8.83. The molecule has 102 valence electrons. The van der Waals surface area contributed by atoms with E-state index in [0.29, 0.717) is 6.04 Å². The molecule has 0 radical (unpaired) electrons. The average molecular weight is 252 g/mol. The molecule has 5 nitrogen and oxygen atoms in total. The molecule has 1 atom stereocenters. The van der Waals surface area contributed by atoms with Gasteiger partial charge < -0.3 is 9.84 Å². The van der Waals surface area contributed by atoms with E-state index in [9.17, 15) is 0 Å². The van der Waals surface area contributed by atoms with Crippen LogP contribution < -0.4 is 5.32 Å². The molecule has 1 N–H and O–H groups in total. The molecule has 1 aromatic heterocycles. The van der Waals surface area contributed by atoms with E-state index in [1.54, 1.807) is 0 Å². The zero-order valence-electron chi connectivity index (χ0n) is 11.5. The highest BCUT2D eigenvalue weighted by molar-refractivity contribution is 4.88. The molecule has 1 aliphatic heterocycles. The van der Waals surface area contributed by atoms with E-state index >= 15 is 0 Å². The summed E-state index contributed by atoms with van der Waals surface area (Å²) >= 11 is 0. The van der Waals surface area contributed by atoms with Crippen molar-refractivity contribution in [1.82, 2.24) is 20.4 Å². The number of aryl methyl sites for hydroxylation is 1. The largest absolute Gasteiger partial charge is 0.339 e. The van der Waals surface area contributed by atoms with E-state index in [0.717, 1.165) is 37.8 Å². The molecule has 2 heterocycles. The van der Waals surface area contributed by atoms with Crippen LogP contribution in [0, 0.1) is 0 Å². The van der Waals surface area contributed by atoms with Gasteiger partial charge in [0.25, 0.3) is 0 Å². The second-order valence-corrected chi connectivity index (χ2v) is 4.97. The lowest BCUT2D eigenvalue weighted by Gasteiger charge is -2.34. The minimum absolute atomic E-state index is 0.662. The van der Waals surface area contributed by atoms with Gasteiger partial charge in [0, 0.05) is 12.5 Å². The average Bonchev–Trinajstić information content (AvgIpc) is 2.85. The van der Waals surface area contributed by atoms with Crippen molar-refractivity contribution >= 4 is 0 Å². The van der Waals surface area contributed by atoms with Gasteiger partial charge in [0.05, 0.1) is 6.54 Å². The predicted molar refractivity (Wildman–Crippen MR) is 70.3 cm³/mol. The number of likely N-dealkylation sites (tertiary alicyclic amines) is 1. The SMILES string of the molecule is CCc1nc(CN2CCCCC2CCNC)no1. The first kappa shape index (κ1) is 13.5. The molecule has 1 aromatic rings. The zero-order valence-corrected chi connectivity index (χ0v) is 11.5. The van der Waals surface area contributed by atoms with Crippen LogP contribution >= 0.6 is 0 Å². The van der Waals surface area contributed by atoms with E-state index in [-0.39, 0.29) is 0 Å². The number of nitrogens with zero attached hydrogens (tertiary/aromatic N) is 3. The van der Waals surface area contributed by atoms with Gasteiger partial charge in [-0.2, -0.15) is 4.98 Å². The molecule has 0 aromatic carbocycles. The Bertz CT molecular complexity index is 353. The van der Waals surface area contributed by atoms with Crippen molar-refractivity contribution in [2.24, 2.45) is 0 Å². The van der Waals surface area contributed by atoms with Gasteiger partial charge in [0.2, 0.25) is 5.89 Å². The standard InChI is InChI=1S/C13H24N4O/c1-3-13-15-12(16-18-13)10-17-9-5-4-6-11(17)7-8-14-2/h11,14H,3-10H2,1-2H3. The van der Waals surface area contributed by atoms with Crippen LogP contribution in [-0.2, 0) is 13.0 Å². The summed E-state index contributed by atoms with van der Waals surface area (Å²) in [6.07, 6.45) is 5.94. The van der Waals surface area contributed by atoms with Crippen molar-refractivity contribution in [3.63, 3.8) is 0 Å². The molecule has 0 amide bonds. The number of aromatic nitrogens is 2. The summed E-state index contributed by atoms with van der Waals surface area (Å²) in [4.78, 5) is 6.91. The number of nitrogens with one attached hydrogen (secondary N) is 1. The highest BCUT2D eigenvalue weighted by Crippen LogP contribution is 2.21. The van der Waals surface area contributed by atoms with Crippen LogP contribution in [0.15, 0.2) is 4.52 Å². The number of piperidine rings is 1. The summed E-state index contributed by atoms with van der Waals surface area (Å²) in [7, 11) is 2.01. The van der Waals surface area contributed by atoms with E-state index in [1.165, 1.54) is 25.7 Å². The monoisotopic (exact) mass is 252 g/mol. The van der Waals surface area contributed by atoms with Crippen LogP contribution in [-0.4, -0.2) is 41.2 Å². The lowest BCUT2D eigenvalue weighted by molar-refractivity contribution is 0.128. The summed E-state index contributed by atoms with van der Waals surface area (Å²) in [5.74, 6) is 1.58. The molecule has 0 bridgehead atoms. The second kappa shape index (κ2) is 6.85. The Morgan fingerprint density at radius 3 is 3.06 bits per heavy atom. The zero-order chi connectivity index (χ0) is 12.8. The molecule has 0 aliphatic carbocycles. The lowest BCUT2D eigenvalue weighted by atomic mass is 9.99. The van der Waals surface area contributed by atoms with Crippen molar-refractivity contribution in [2.45, 2.75) is 51.6 Å². The molecule has 0 saturated carbocycles. The summed E-state index contributed by atoms with van der Waals surface area (Å²) < 4.78 is 5.17. The molecule has 1 aliphatic rings. The van der Waals surface area contributed by atoms with Gasteiger partial charge in [-0.15, -0.1) is 0 Å². The predicted octanol–water partition coefficient (Wildman–Crippen LogP) is 1.60. The van der Waals surface area contributed by atoms with Crippen LogP contribution in [0.2, 0.25) is 0 Å². The van der Waals surface area contributed by atoms with Crippen LogP contribution in [0.4, 0.5) is 0 Å². The van der Waals surface area contributed by atoms with E-state index in [2.05, 4.69) is 20.4 Å². The Kier molecular flexibility index (Phi) is 5.13. The molecule has 1 unspecified atom stereocenters. The highest BCUT2D eigenvalue weighted by Gasteiger charge is 2.23. The number of rotatable bonds is 6. The summed E-state index contributed by atoms with van der Waals surface area (Å²) in [6, 6.07) is 0.662.